The number of anilines is 1. The Bertz CT molecular complexity index is 1650. The van der Waals surface area contributed by atoms with Crippen LogP contribution < -0.4 is 31.9 Å². The quantitative estimate of drug-likeness (QED) is 0.0416. The van der Waals surface area contributed by atoms with Crippen molar-refractivity contribution in [2.24, 2.45) is 5.92 Å². The number of carboxylic acid groups (broad SMARTS) is 2. The highest BCUT2D eigenvalue weighted by Gasteiger charge is 2.40. The number of nitrogens with zero attached hydrogens (tertiary/aromatic N) is 2. The number of nitro groups is 1. The van der Waals surface area contributed by atoms with Crippen molar-refractivity contribution in [3.05, 3.63) is 34.4 Å². The highest BCUT2D eigenvalue weighted by molar-refractivity contribution is 5.98. The Morgan fingerprint density at radius 3 is 2.04 bits per heavy atom. The van der Waals surface area contributed by atoms with Gasteiger partial charge in [-0.3, -0.25) is 53.3 Å². The van der Waals surface area contributed by atoms with Crippen molar-refractivity contribution in [3.63, 3.8) is 0 Å². The van der Waals surface area contributed by atoms with E-state index < -0.39 is 101 Å². The molecule has 0 aromatic heterocycles. The van der Waals surface area contributed by atoms with Crippen LogP contribution in [0, 0.1) is 16.0 Å². The number of hydrogen-bond acceptors (Lipinski definition) is 11. The molecule has 1 fully saturated rings. The number of aliphatic carboxylic acids is 2. The predicted octanol–water partition coefficient (Wildman–Crippen LogP) is 0.175. The summed E-state index contributed by atoms with van der Waals surface area (Å²) in [6.07, 6.45) is 0.0524. The number of benzene rings is 1. The van der Waals surface area contributed by atoms with Crippen LogP contribution in [-0.4, -0.2) is 117 Å². The molecule has 1 aromatic carbocycles. The van der Waals surface area contributed by atoms with E-state index in [1.165, 1.54) is 38.1 Å². The van der Waals surface area contributed by atoms with Crippen LogP contribution in [0.2, 0.25) is 0 Å². The molecular formula is C36H52N8O13. The minimum Gasteiger partial charge on any atom is -0.481 e. The number of unbranched alkanes of at least 4 members (excludes halogenated alkanes) is 1. The first kappa shape index (κ1) is 47.0. The van der Waals surface area contributed by atoms with Crippen LogP contribution in [0.1, 0.15) is 85.5 Å². The Morgan fingerprint density at radius 2 is 1.47 bits per heavy atom. The number of carboxylic acids is 2. The smallest absolute Gasteiger partial charge is 0.305 e. The molecule has 6 atom stereocenters. The van der Waals surface area contributed by atoms with Gasteiger partial charge in [0.15, 0.2) is 0 Å². The van der Waals surface area contributed by atoms with Crippen molar-refractivity contribution in [3.8, 4) is 0 Å². The average molecular weight is 805 g/mol. The van der Waals surface area contributed by atoms with Crippen molar-refractivity contribution in [2.75, 3.05) is 18.4 Å². The SMILES string of the molecule is CC[C@H](C)[C@H](NC(C)=O)C(=O)N[C@@H](CCC(=O)O)C(=O)N1CCC[C@H]1C(=O)N[C@@H](CC(=O)O)C(=O)NCCCC[C@H](NC(C)=O)C(=O)Nc1ccc([N+](=O)[O-])cc1. The zero-order chi connectivity index (χ0) is 42.8. The van der Waals surface area contributed by atoms with Crippen molar-refractivity contribution in [1.82, 2.24) is 31.5 Å². The van der Waals surface area contributed by atoms with Gasteiger partial charge in [-0.25, -0.2) is 0 Å². The van der Waals surface area contributed by atoms with E-state index in [0.29, 0.717) is 19.3 Å². The van der Waals surface area contributed by atoms with Gasteiger partial charge in [-0.05, 0) is 56.6 Å². The van der Waals surface area contributed by atoms with Gasteiger partial charge in [-0.2, -0.15) is 0 Å². The molecule has 1 aliphatic heterocycles. The fourth-order valence-corrected chi connectivity index (χ4v) is 6.08. The highest BCUT2D eigenvalue weighted by atomic mass is 16.6. The highest BCUT2D eigenvalue weighted by Crippen LogP contribution is 2.21. The third-order valence-corrected chi connectivity index (χ3v) is 9.22. The topological polar surface area (TPSA) is 313 Å². The number of likely N-dealkylation sites (tertiary alicyclic amines) is 1. The molecule has 1 heterocycles. The summed E-state index contributed by atoms with van der Waals surface area (Å²) in [7, 11) is 0. The van der Waals surface area contributed by atoms with E-state index in [4.69, 9.17) is 0 Å². The maximum absolute atomic E-state index is 13.8. The molecule has 0 radical (unpaired) electrons. The lowest BCUT2D eigenvalue weighted by Gasteiger charge is -2.31. The lowest BCUT2D eigenvalue weighted by Crippen LogP contribution is -2.58. The Balaban J connectivity index is 2.06. The van der Waals surface area contributed by atoms with E-state index in [1.54, 1.807) is 13.8 Å². The van der Waals surface area contributed by atoms with Gasteiger partial charge in [0.1, 0.15) is 30.2 Å². The van der Waals surface area contributed by atoms with Gasteiger partial charge >= 0.3 is 11.9 Å². The Morgan fingerprint density at radius 1 is 0.825 bits per heavy atom. The van der Waals surface area contributed by atoms with Gasteiger partial charge in [0.05, 0.1) is 11.3 Å². The summed E-state index contributed by atoms with van der Waals surface area (Å²) in [6, 6.07) is -1.02. The molecule has 0 bridgehead atoms. The van der Waals surface area contributed by atoms with Crippen LogP contribution in [0.5, 0.6) is 0 Å². The number of carbonyl (C=O) groups is 9. The second-order valence-electron chi connectivity index (χ2n) is 13.7. The molecule has 57 heavy (non-hydrogen) atoms. The number of nitro benzene ring substituents is 1. The summed E-state index contributed by atoms with van der Waals surface area (Å²) in [5.74, 6) is -7.67. The van der Waals surface area contributed by atoms with E-state index in [-0.39, 0.29) is 56.1 Å². The maximum Gasteiger partial charge on any atom is 0.305 e. The van der Waals surface area contributed by atoms with E-state index >= 15 is 0 Å². The summed E-state index contributed by atoms with van der Waals surface area (Å²) >= 11 is 0. The van der Waals surface area contributed by atoms with Gasteiger partial charge in [-0.15, -0.1) is 0 Å². The predicted molar refractivity (Wildman–Crippen MR) is 201 cm³/mol. The van der Waals surface area contributed by atoms with Crippen LogP contribution in [-0.2, 0) is 43.2 Å². The zero-order valence-corrected chi connectivity index (χ0v) is 32.3. The van der Waals surface area contributed by atoms with E-state index in [2.05, 4.69) is 31.9 Å². The van der Waals surface area contributed by atoms with Crippen LogP contribution in [0.3, 0.4) is 0 Å². The molecule has 7 amide bonds. The first-order chi connectivity index (χ1) is 26.8. The fraction of sp³-hybridized carbons (Fsp3) is 0.583. The molecule has 1 saturated heterocycles. The summed E-state index contributed by atoms with van der Waals surface area (Å²) in [5.41, 5.74) is 0.0927. The summed E-state index contributed by atoms with van der Waals surface area (Å²) < 4.78 is 0. The number of carbonyl (C=O) groups excluding carboxylic acids is 7. The van der Waals surface area contributed by atoms with Crippen LogP contribution in [0.15, 0.2) is 24.3 Å². The lowest BCUT2D eigenvalue weighted by molar-refractivity contribution is -0.384. The van der Waals surface area contributed by atoms with Crippen molar-refractivity contribution in [2.45, 2.75) is 116 Å². The normalized spacial score (nSPS) is 16.1. The number of non-ortho nitro benzene ring substituents is 1. The van der Waals surface area contributed by atoms with E-state index in [1.807, 2.05) is 0 Å². The lowest BCUT2D eigenvalue weighted by atomic mass is 9.97. The summed E-state index contributed by atoms with van der Waals surface area (Å²) in [6.45, 7) is 6.02. The maximum atomic E-state index is 13.8. The third-order valence-electron chi connectivity index (χ3n) is 9.22. The first-order valence-corrected chi connectivity index (χ1v) is 18.6. The molecule has 1 aromatic rings. The summed E-state index contributed by atoms with van der Waals surface area (Å²) in [5, 5.41) is 44.8. The fourth-order valence-electron chi connectivity index (χ4n) is 6.08. The molecule has 1 aliphatic rings. The molecule has 0 saturated carbocycles. The second kappa shape index (κ2) is 23.0. The molecular weight excluding hydrogens is 752 g/mol. The minimum absolute atomic E-state index is 0.00327. The van der Waals surface area contributed by atoms with Gasteiger partial charge in [0.25, 0.3) is 5.69 Å². The summed E-state index contributed by atoms with van der Waals surface area (Å²) in [4.78, 5) is 125. The monoisotopic (exact) mass is 804 g/mol. The Kier molecular flexibility index (Phi) is 19.0. The first-order valence-electron chi connectivity index (χ1n) is 18.6. The molecule has 8 N–H and O–H groups in total. The minimum atomic E-state index is -1.55. The van der Waals surface area contributed by atoms with E-state index in [0.717, 1.165) is 4.90 Å². The number of amides is 7. The van der Waals surface area contributed by atoms with Gasteiger partial charge in [-0.1, -0.05) is 20.3 Å². The van der Waals surface area contributed by atoms with Crippen LogP contribution >= 0.6 is 0 Å². The van der Waals surface area contributed by atoms with Gasteiger partial charge in [0, 0.05) is 51.2 Å². The van der Waals surface area contributed by atoms with Crippen molar-refractivity contribution in [1.29, 1.82) is 0 Å². The van der Waals surface area contributed by atoms with Crippen molar-refractivity contribution < 1.29 is 58.3 Å². The molecule has 0 unspecified atom stereocenters. The molecule has 0 spiro atoms. The van der Waals surface area contributed by atoms with Gasteiger partial charge < -0.3 is 47.0 Å². The Hall–Kier alpha value is -6.15. The molecule has 2 rings (SSSR count). The molecule has 0 aliphatic carbocycles. The van der Waals surface area contributed by atoms with Crippen LogP contribution in [0.4, 0.5) is 11.4 Å². The van der Waals surface area contributed by atoms with E-state index in [9.17, 15) is 63.5 Å². The number of nitrogens with one attached hydrogen (secondary N) is 6. The number of hydrogen-bond donors (Lipinski definition) is 8. The molecule has 21 nitrogen and oxygen atoms in total. The standard InChI is InChI=1S/C36H52N8O13/c1-5-20(2)31(39-22(4)46)35(54)41-26(15-16-29(47)48)36(55)43-18-8-10-28(43)34(53)42-27(19-30(49)50)32(51)37-17-7-6-9-25(38-21(3)45)33(52)40-23-11-13-24(14-12-23)44(56)57/h11-14,20,25-28,31H,5-10,15-19H2,1-4H3,(H,37,51)(H,38,45)(H,39,46)(H,40,52)(H,41,54)(H,42,53)(H,47,48)(H,49,50)/t20-,25-,26-,27-,28-,31-/m0/s1. The average Bonchev–Trinajstić information content (AvgIpc) is 3.64. The number of rotatable bonds is 23. The van der Waals surface area contributed by atoms with Gasteiger partial charge in [0.2, 0.25) is 41.4 Å². The van der Waals surface area contributed by atoms with Crippen LogP contribution in [0.25, 0.3) is 0 Å². The zero-order valence-electron chi connectivity index (χ0n) is 32.3. The largest absolute Gasteiger partial charge is 0.481 e. The molecule has 314 valence electrons. The second-order valence-corrected chi connectivity index (χ2v) is 13.7. The third kappa shape index (κ3) is 15.9. The molecule has 21 heteroatoms. The van der Waals surface area contributed by atoms with Crippen molar-refractivity contribution >= 4 is 64.7 Å². The Labute approximate surface area is 328 Å².